The number of anilines is 1. The number of methoxy groups -OCH3 is 1. The molecule has 15 heteroatoms. The summed E-state index contributed by atoms with van der Waals surface area (Å²) in [6.07, 6.45) is -6.08. The van der Waals surface area contributed by atoms with Gasteiger partial charge in [-0.15, -0.1) is 11.8 Å². The number of carbonyl (C=O) groups excluding carboxylic acids is 1. The molecule has 0 N–H and O–H groups in total. The molecule has 5 rings (SSSR count). The van der Waals surface area contributed by atoms with Crippen LogP contribution in [0.5, 0.6) is 0 Å². The maximum absolute atomic E-state index is 15.2. The monoisotopic (exact) mass is 646 g/mol. The molecule has 232 valence electrons. The van der Waals surface area contributed by atoms with Crippen molar-refractivity contribution in [2.75, 3.05) is 43.9 Å². The van der Waals surface area contributed by atoms with Crippen LogP contribution < -0.4 is 10.6 Å². The average Bonchev–Trinajstić information content (AvgIpc) is 3.12. The molecule has 1 aromatic heterocycles. The van der Waals surface area contributed by atoms with Crippen LogP contribution in [0.1, 0.15) is 26.3 Å². The van der Waals surface area contributed by atoms with Crippen LogP contribution in [0.4, 0.5) is 32.6 Å². The van der Waals surface area contributed by atoms with Crippen molar-refractivity contribution in [2.45, 2.75) is 50.1 Å². The number of thioether (sulfide) groups is 1. The highest BCUT2D eigenvalue weighted by atomic mass is 35.5. The number of halogens is 6. The van der Waals surface area contributed by atoms with Gasteiger partial charge in [-0.2, -0.15) is 18.2 Å². The van der Waals surface area contributed by atoms with Crippen molar-refractivity contribution in [3.05, 3.63) is 50.9 Å². The number of alkyl halides is 3. The SMILES string of the molecule is CO[C@H]1CSc2c(-c3cc(Cl)c(F)cc3F)c(C(F)(F)F)cc3c(N4CCN(C(=O)OC(C)(C)C)CC4)nc(=O)n(c23)C1. The number of piperazine rings is 1. The van der Waals surface area contributed by atoms with Gasteiger partial charge in [-0.1, -0.05) is 11.6 Å². The van der Waals surface area contributed by atoms with Crippen LogP contribution in [0, 0.1) is 11.6 Å². The largest absolute Gasteiger partial charge is 0.444 e. The summed E-state index contributed by atoms with van der Waals surface area (Å²) in [4.78, 5) is 33.3. The van der Waals surface area contributed by atoms with Crippen molar-refractivity contribution in [1.82, 2.24) is 14.5 Å². The van der Waals surface area contributed by atoms with Crippen LogP contribution in [0.3, 0.4) is 0 Å². The number of hydrogen-bond acceptors (Lipinski definition) is 7. The first kappa shape index (κ1) is 31.3. The summed E-state index contributed by atoms with van der Waals surface area (Å²) < 4.78 is 85.6. The van der Waals surface area contributed by atoms with Crippen LogP contribution in [-0.2, 0) is 22.2 Å². The van der Waals surface area contributed by atoms with Crippen LogP contribution in [0.25, 0.3) is 22.0 Å². The number of carbonyl (C=O) groups is 1. The molecule has 3 heterocycles. The molecule has 3 aromatic rings. The van der Waals surface area contributed by atoms with Crippen molar-refractivity contribution in [1.29, 1.82) is 0 Å². The third kappa shape index (κ3) is 6.14. The molecule has 2 aliphatic heterocycles. The lowest BCUT2D eigenvalue weighted by Crippen LogP contribution is -2.50. The Kier molecular flexibility index (Phi) is 8.33. The highest BCUT2D eigenvalue weighted by Crippen LogP contribution is 2.49. The number of ether oxygens (including phenoxy) is 2. The van der Waals surface area contributed by atoms with Gasteiger partial charge in [0.1, 0.15) is 23.1 Å². The van der Waals surface area contributed by atoms with E-state index >= 15 is 4.39 Å². The van der Waals surface area contributed by atoms with E-state index in [1.165, 1.54) is 16.6 Å². The number of rotatable bonds is 3. The van der Waals surface area contributed by atoms with E-state index in [0.717, 1.165) is 23.9 Å². The Balaban J connectivity index is 1.73. The third-order valence-corrected chi connectivity index (χ3v) is 8.66. The standard InChI is InChI=1S/C28H28ClF5N4O4S/c1-27(2,3)42-26(40)37-7-5-36(6-8-37)24-16-9-17(28(32,33)34)21(15-10-18(29)20(31)11-19(15)30)23-22(16)38(25(39)35-24)12-14(41-4)13-43-23/h9-11,14H,5-8,12-13H2,1-4H3/t14-/m1/s1. The van der Waals surface area contributed by atoms with E-state index in [2.05, 4.69) is 4.98 Å². The number of aromatic nitrogens is 2. The van der Waals surface area contributed by atoms with Gasteiger partial charge in [-0.3, -0.25) is 4.57 Å². The molecular formula is C28H28ClF5N4O4S. The first-order valence-electron chi connectivity index (χ1n) is 13.3. The zero-order valence-corrected chi connectivity index (χ0v) is 25.2. The zero-order chi connectivity index (χ0) is 31.4. The Labute approximate surface area is 252 Å². The highest BCUT2D eigenvalue weighted by molar-refractivity contribution is 7.99. The lowest BCUT2D eigenvalue weighted by molar-refractivity contribution is -0.137. The molecule has 0 spiro atoms. The smallest absolute Gasteiger partial charge is 0.417 e. The van der Waals surface area contributed by atoms with E-state index in [1.807, 2.05) is 0 Å². The van der Waals surface area contributed by atoms with Crippen molar-refractivity contribution < 1.29 is 36.2 Å². The Morgan fingerprint density at radius 2 is 1.74 bits per heavy atom. The number of benzene rings is 2. The first-order valence-corrected chi connectivity index (χ1v) is 14.7. The molecule has 1 amide bonds. The Bertz CT molecular complexity index is 1650. The topological polar surface area (TPSA) is 76.9 Å². The van der Waals surface area contributed by atoms with Crippen LogP contribution in [0.2, 0.25) is 5.02 Å². The van der Waals surface area contributed by atoms with Gasteiger partial charge in [0, 0.05) is 66.5 Å². The summed E-state index contributed by atoms with van der Waals surface area (Å²) in [5.41, 5.74) is -3.62. The number of nitrogens with zero attached hydrogens (tertiary/aromatic N) is 4. The van der Waals surface area contributed by atoms with Gasteiger partial charge in [0.05, 0.1) is 28.8 Å². The molecule has 2 aliphatic rings. The summed E-state index contributed by atoms with van der Waals surface area (Å²) in [6, 6.07) is 2.10. The summed E-state index contributed by atoms with van der Waals surface area (Å²) in [5.74, 6) is -2.21. The van der Waals surface area contributed by atoms with E-state index in [-0.39, 0.29) is 60.1 Å². The minimum Gasteiger partial charge on any atom is -0.444 e. The van der Waals surface area contributed by atoms with Gasteiger partial charge in [0.2, 0.25) is 0 Å². The van der Waals surface area contributed by atoms with Crippen LogP contribution in [0.15, 0.2) is 27.9 Å². The molecule has 0 bridgehead atoms. The second-order valence-corrected chi connectivity index (χ2v) is 12.7. The predicted molar refractivity (Wildman–Crippen MR) is 153 cm³/mol. The van der Waals surface area contributed by atoms with Crippen molar-refractivity contribution >= 4 is 46.2 Å². The molecule has 43 heavy (non-hydrogen) atoms. The lowest BCUT2D eigenvalue weighted by atomic mass is 9.95. The molecule has 2 aromatic carbocycles. The Morgan fingerprint density at radius 1 is 1.07 bits per heavy atom. The fourth-order valence-electron chi connectivity index (χ4n) is 5.15. The first-order chi connectivity index (χ1) is 20.1. The second kappa shape index (κ2) is 11.4. The summed E-state index contributed by atoms with van der Waals surface area (Å²) in [6.45, 7) is 5.89. The molecule has 1 atom stereocenters. The van der Waals surface area contributed by atoms with E-state index in [4.69, 9.17) is 21.1 Å². The Hall–Kier alpha value is -3.10. The number of amides is 1. The van der Waals surface area contributed by atoms with E-state index in [1.54, 1.807) is 25.7 Å². The van der Waals surface area contributed by atoms with Gasteiger partial charge in [-0.25, -0.2) is 18.4 Å². The summed E-state index contributed by atoms with van der Waals surface area (Å²) in [5, 5.41) is -0.532. The van der Waals surface area contributed by atoms with E-state index in [9.17, 15) is 27.2 Å². The van der Waals surface area contributed by atoms with Gasteiger partial charge in [-0.05, 0) is 32.9 Å². The average molecular weight is 647 g/mol. The molecule has 0 aliphatic carbocycles. The Morgan fingerprint density at radius 3 is 2.35 bits per heavy atom. The van der Waals surface area contributed by atoms with Crippen LogP contribution in [-0.4, -0.2) is 71.3 Å². The quantitative estimate of drug-likeness (QED) is 0.248. The minimum atomic E-state index is -4.98. The van der Waals surface area contributed by atoms with Crippen LogP contribution >= 0.6 is 23.4 Å². The zero-order valence-electron chi connectivity index (χ0n) is 23.6. The summed E-state index contributed by atoms with van der Waals surface area (Å²) >= 11 is 6.88. The van der Waals surface area contributed by atoms with Gasteiger partial charge in [0.15, 0.2) is 0 Å². The van der Waals surface area contributed by atoms with Crippen molar-refractivity contribution in [3.63, 3.8) is 0 Å². The highest BCUT2D eigenvalue weighted by Gasteiger charge is 2.39. The minimum absolute atomic E-state index is 0.00691. The molecule has 0 radical (unpaired) electrons. The molecule has 0 unspecified atom stereocenters. The molecule has 1 fully saturated rings. The number of hydrogen-bond donors (Lipinski definition) is 0. The molecule has 8 nitrogen and oxygen atoms in total. The lowest BCUT2D eigenvalue weighted by Gasteiger charge is -2.36. The van der Waals surface area contributed by atoms with Crippen molar-refractivity contribution in [2.24, 2.45) is 0 Å². The molecule has 1 saturated heterocycles. The third-order valence-electron chi connectivity index (χ3n) is 7.15. The van der Waals surface area contributed by atoms with E-state index in [0.29, 0.717) is 6.07 Å². The van der Waals surface area contributed by atoms with Gasteiger partial charge in [0.25, 0.3) is 0 Å². The van der Waals surface area contributed by atoms with Gasteiger partial charge < -0.3 is 19.3 Å². The predicted octanol–water partition coefficient (Wildman–Crippen LogP) is 6.19. The fourth-order valence-corrected chi connectivity index (χ4v) is 6.63. The van der Waals surface area contributed by atoms with E-state index < -0.39 is 63.0 Å². The van der Waals surface area contributed by atoms with Crippen molar-refractivity contribution in [3.8, 4) is 11.1 Å². The molecule has 0 saturated carbocycles. The maximum Gasteiger partial charge on any atom is 0.417 e. The molecular weight excluding hydrogens is 619 g/mol. The fraction of sp³-hybridized carbons (Fsp3) is 0.464. The van der Waals surface area contributed by atoms with Gasteiger partial charge >= 0.3 is 18.0 Å². The normalized spacial score (nSPS) is 17.8. The summed E-state index contributed by atoms with van der Waals surface area (Å²) in [7, 11) is 1.41. The maximum atomic E-state index is 15.2. The second-order valence-electron chi connectivity index (χ2n) is 11.2.